The van der Waals surface area contributed by atoms with Crippen molar-refractivity contribution in [2.24, 2.45) is 0 Å². The normalized spacial score (nSPS) is 12.1. The van der Waals surface area contributed by atoms with Gasteiger partial charge in [0.1, 0.15) is 5.75 Å². The highest BCUT2D eigenvalue weighted by atomic mass is 32.2. The Morgan fingerprint density at radius 2 is 1.95 bits per heavy atom. The number of rotatable bonds is 11. The van der Waals surface area contributed by atoms with Gasteiger partial charge < -0.3 is 9.84 Å². The van der Waals surface area contributed by atoms with Gasteiger partial charge in [0.2, 0.25) is 0 Å². The Morgan fingerprint density at radius 3 is 2.62 bits per heavy atom. The second-order valence-corrected chi connectivity index (χ2v) is 6.53. The van der Waals surface area contributed by atoms with E-state index in [4.69, 9.17) is 9.84 Å². The highest BCUT2D eigenvalue weighted by Crippen LogP contribution is 2.35. The zero-order valence-corrected chi connectivity index (χ0v) is 13.8. The van der Waals surface area contributed by atoms with E-state index in [1.54, 1.807) is 18.9 Å². The van der Waals surface area contributed by atoms with Crippen LogP contribution in [0.1, 0.15) is 51.9 Å². The third kappa shape index (κ3) is 7.42. The first kappa shape index (κ1) is 17.9. The summed E-state index contributed by atoms with van der Waals surface area (Å²) in [5.41, 5.74) is 0. The van der Waals surface area contributed by atoms with Gasteiger partial charge in [-0.1, -0.05) is 51.2 Å². The largest absolute Gasteiger partial charge is 0.496 e. The molecular formula is C17H26O3S. The molecule has 1 N–H and O–H groups in total. The molecule has 0 saturated heterocycles. The van der Waals surface area contributed by atoms with Crippen LogP contribution in [-0.2, 0) is 4.79 Å². The van der Waals surface area contributed by atoms with E-state index in [2.05, 4.69) is 6.92 Å². The SMILES string of the molecule is CCCCCCCC(CC(=O)O)Sc1ccccc1OC. The molecule has 1 atom stereocenters. The van der Waals surface area contributed by atoms with Gasteiger partial charge in [-0.05, 0) is 18.6 Å². The van der Waals surface area contributed by atoms with Gasteiger partial charge in [-0.2, -0.15) is 0 Å². The van der Waals surface area contributed by atoms with Crippen LogP contribution in [0.4, 0.5) is 0 Å². The molecule has 1 aromatic rings. The van der Waals surface area contributed by atoms with E-state index in [1.807, 2.05) is 24.3 Å². The lowest BCUT2D eigenvalue weighted by molar-refractivity contribution is -0.137. The quantitative estimate of drug-likeness (QED) is 0.462. The molecular weight excluding hydrogens is 284 g/mol. The predicted octanol–water partition coefficient (Wildman–Crippen LogP) is 4.99. The number of aliphatic carboxylic acids is 1. The average Bonchev–Trinajstić information content (AvgIpc) is 2.47. The van der Waals surface area contributed by atoms with Crippen molar-refractivity contribution in [3.05, 3.63) is 24.3 Å². The van der Waals surface area contributed by atoms with Gasteiger partial charge in [0, 0.05) is 10.1 Å². The second kappa shape index (κ2) is 10.6. The highest BCUT2D eigenvalue weighted by Gasteiger charge is 2.16. The number of methoxy groups -OCH3 is 1. The summed E-state index contributed by atoms with van der Waals surface area (Å²) in [5, 5.41) is 9.20. The standard InChI is InChI=1S/C17H26O3S/c1-3-4-5-6-7-10-14(13-17(18)19)21-16-12-9-8-11-15(16)20-2/h8-9,11-12,14H,3-7,10,13H2,1-2H3,(H,18,19). The highest BCUT2D eigenvalue weighted by molar-refractivity contribution is 8.00. The summed E-state index contributed by atoms with van der Waals surface area (Å²) in [6.07, 6.45) is 7.18. The van der Waals surface area contributed by atoms with Crippen molar-refractivity contribution < 1.29 is 14.6 Å². The zero-order valence-electron chi connectivity index (χ0n) is 13.0. The van der Waals surface area contributed by atoms with Crippen molar-refractivity contribution in [3.8, 4) is 5.75 Å². The molecule has 0 radical (unpaired) electrons. The summed E-state index contributed by atoms with van der Waals surface area (Å²) in [7, 11) is 1.65. The Labute approximate surface area is 132 Å². The molecule has 1 aromatic carbocycles. The van der Waals surface area contributed by atoms with Crippen LogP contribution in [0.3, 0.4) is 0 Å². The van der Waals surface area contributed by atoms with Crippen LogP contribution in [0.15, 0.2) is 29.2 Å². The van der Waals surface area contributed by atoms with E-state index >= 15 is 0 Å². The molecule has 21 heavy (non-hydrogen) atoms. The number of carboxylic acid groups (broad SMARTS) is 1. The molecule has 0 amide bonds. The summed E-state index contributed by atoms with van der Waals surface area (Å²) in [4.78, 5) is 12.1. The maximum atomic E-state index is 11.0. The Morgan fingerprint density at radius 1 is 1.24 bits per heavy atom. The Hall–Kier alpha value is -1.16. The number of carbonyl (C=O) groups is 1. The maximum absolute atomic E-state index is 11.0. The van der Waals surface area contributed by atoms with E-state index in [9.17, 15) is 4.79 Å². The number of hydrogen-bond donors (Lipinski definition) is 1. The zero-order chi connectivity index (χ0) is 15.5. The molecule has 0 spiro atoms. The molecule has 0 aliphatic heterocycles. The number of benzene rings is 1. The van der Waals surface area contributed by atoms with E-state index in [0.717, 1.165) is 23.5 Å². The van der Waals surface area contributed by atoms with Crippen molar-refractivity contribution in [3.63, 3.8) is 0 Å². The maximum Gasteiger partial charge on any atom is 0.304 e. The van der Waals surface area contributed by atoms with Crippen LogP contribution >= 0.6 is 11.8 Å². The van der Waals surface area contributed by atoms with Crippen LogP contribution in [-0.4, -0.2) is 23.4 Å². The minimum Gasteiger partial charge on any atom is -0.496 e. The summed E-state index contributed by atoms with van der Waals surface area (Å²) in [5.74, 6) is 0.0971. The van der Waals surface area contributed by atoms with Crippen LogP contribution < -0.4 is 4.74 Å². The molecule has 0 aromatic heterocycles. The van der Waals surface area contributed by atoms with E-state index in [-0.39, 0.29) is 11.7 Å². The van der Waals surface area contributed by atoms with Crippen molar-refractivity contribution >= 4 is 17.7 Å². The summed E-state index contributed by atoms with van der Waals surface area (Å²) in [6, 6.07) is 7.81. The van der Waals surface area contributed by atoms with Crippen LogP contribution in [0.5, 0.6) is 5.75 Å². The fourth-order valence-electron chi connectivity index (χ4n) is 2.27. The smallest absolute Gasteiger partial charge is 0.304 e. The van der Waals surface area contributed by atoms with Crippen LogP contribution in [0.2, 0.25) is 0 Å². The Kier molecular flexibility index (Phi) is 8.99. The van der Waals surface area contributed by atoms with Gasteiger partial charge in [0.15, 0.2) is 0 Å². The minimum atomic E-state index is -0.726. The average molecular weight is 310 g/mol. The van der Waals surface area contributed by atoms with E-state index in [1.165, 1.54) is 25.7 Å². The van der Waals surface area contributed by atoms with E-state index < -0.39 is 5.97 Å². The van der Waals surface area contributed by atoms with E-state index in [0.29, 0.717) is 0 Å². The summed E-state index contributed by atoms with van der Waals surface area (Å²) in [6.45, 7) is 2.20. The lowest BCUT2D eigenvalue weighted by Crippen LogP contribution is -2.10. The van der Waals surface area contributed by atoms with Crippen molar-refractivity contribution in [2.75, 3.05) is 7.11 Å². The van der Waals surface area contributed by atoms with Gasteiger partial charge in [0.05, 0.1) is 13.5 Å². The first-order valence-corrected chi connectivity index (χ1v) is 8.56. The van der Waals surface area contributed by atoms with Crippen molar-refractivity contribution in [2.45, 2.75) is 62.0 Å². The van der Waals surface area contributed by atoms with Gasteiger partial charge in [0.25, 0.3) is 0 Å². The molecule has 0 aliphatic carbocycles. The lowest BCUT2D eigenvalue weighted by Gasteiger charge is -2.16. The monoisotopic (exact) mass is 310 g/mol. The van der Waals surface area contributed by atoms with Crippen LogP contribution in [0, 0.1) is 0 Å². The third-order valence-electron chi connectivity index (χ3n) is 3.39. The topological polar surface area (TPSA) is 46.5 Å². The third-order valence-corrected chi connectivity index (χ3v) is 4.72. The Balaban J connectivity index is 2.54. The molecule has 4 heteroatoms. The molecule has 0 aliphatic rings. The lowest BCUT2D eigenvalue weighted by atomic mass is 10.1. The first-order chi connectivity index (χ1) is 10.2. The Bertz CT molecular complexity index is 420. The van der Waals surface area contributed by atoms with Crippen molar-refractivity contribution in [1.82, 2.24) is 0 Å². The number of para-hydroxylation sites is 1. The number of thioether (sulfide) groups is 1. The fourth-order valence-corrected chi connectivity index (χ4v) is 3.56. The number of carboxylic acids is 1. The fraction of sp³-hybridized carbons (Fsp3) is 0.588. The van der Waals surface area contributed by atoms with Crippen LogP contribution in [0.25, 0.3) is 0 Å². The van der Waals surface area contributed by atoms with Crippen molar-refractivity contribution in [1.29, 1.82) is 0 Å². The molecule has 0 heterocycles. The minimum absolute atomic E-state index is 0.112. The summed E-state index contributed by atoms with van der Waals surface area (Å²) < 4.78 is 5.34. The number of hydrogen-bond acceptors (Lipinski definition) is 3. The van der Waals surface area contributed by atoms with Gasteiger partial charge in [-0.25, -0.2) is 0 Å². The van der Waals surface area contributed by atoms with Gasteiger partial charge in [-0.3, -0.25) is 4.79 Å². The predicted molar refractivity (Wildman–Crippen MR) is 88.3 cm³/mol. The second-order valence-electron chi connectivity index (χ2n) is 5.19. The van der Waals surface area contributed by atoms with Gasteiger partial charge >= 0.3 is 5.97 Å². The molecule has 1 rings (SSSR count). The molecule has 0 fully saturated rings. The summed E-state index contributed by atoms with van der Waals surface area (Å²) >= 11 is 1.63. The molecule has 0 saturated carbocycles. The number of unbranched alkanes of at least 4 members (excludes halogenated alkanes) is 4. The first-order valence-electron chi connectivity index (χ1n) is 7.68. The molecule has 118 valence electrons. The molecule has 1 unspecified atom stereocenters. The molecule has 0 bridgehead atoms. The van der Waals surface area contributed by atoms with Gasteiger partial charge in [-0.15, -0.1) is 11.8 Å². The number of ether oxygens (including phenoxy) is 1. The molecule has 3 nitrogen and oxygen atoms in total.